The third-order valence-corrected chi connectivity index (χ3v) is 3.57. The van der Waals surface area contributed by atoms with Gasteiger partial charge in [-0.25, -0.2) is 0 Å². The zero-order valence-corrected chi connectivity index (χ0v) is 11.8. The van der Waals surface area contributed by atoms with E-state index >= 15 is 0 Å². The molecule has 3 nitrogen and oxygen atoms in total. The fraction of sp³-hybridized carbons (Fsp3) is 0.308. The number of hydrogen-bond donors (Lipinski definition) is 1. The van der Waals surface area contributed by atoms with Crippen molar-refractivity contribution in [3.63, 3.8) is 0 Å². The van der Waals surface area contributed by atoms with Crippen molar-refractivity contribution >= 4 is 39.8 Å². The minimum atomic E-state index is 0.767. The Balaban J connectivity index is 2.51. The molecule has 0 spiro atoms. The zero-order chi connectivity index (χ0) is 12.3. The number of aromatic amines is 1. The lowest BCUT2D eigenvalue weighted by Crippen LogP contribution is -1.91. The minimum Gasteiger partial charge on any atom is -0.497 e. The van der Waals surface area contributed by atoms with Gasteiger partial charge in [-0.15, -0.1) is 0 Å². The highest BCUT2D eigenvalue weighted by Gasteiger charge is 2.11. The number of rotatable bonds is 5. The summed E-state index contributed by atoms with van der Waals surface area (Å²) in [6.45, 7) is 0. The number of hydrogen-bond acceptors (Lipinski definition) is 2. The van der Waals surface area contributed by atoms with E-state index in [1.54, 1.807) is 7.11 Å². The Morgan fingerprint density at radius 3 is 2.94 bits per heavy atom. The fourth-order valence-corrected chi connectivity index (χ4v) is 2.33. The quantitative estimate of drug-likeness (QED) is 0.514. The van der Waals surface area contributed by atoms with Crippen LogP contribution in [0.4, 0.5) is 0 Å². The van der Waals surface area contributed by atoms with Crippen molar-refractivity contribution in [2.24, 2.45) is 0 Å². The average Bonchev–Trinajstić information content (AvgIpc) is 2.72. The van der Waals surface area contributed by atoms with Crippen LogP contribution in [0.25, 0.3) is 10.9 Å². The monoisotopic (exact) mass is 343 g/mol. The number of methoxy groups -OCH3 is 1. The average molecular weight is 343 g/mol. The normalized spacial score (nSPS) is 10.7. The first-order valence-corrected chi connectivity index (χ1v) is 7.02. The van der Waals surface area contributed by atoms with E-state index in [0.29, 0.717) is 0 Å². The van der Waals surface area contributed by atoms with Gasteiger partial charge in [-0.3, -0.25) is 4.79 Å². The molecular weight excluding hydrogens is 329 g/mol. The Morgan fingerprint density at radius 1 is 1.47 bits per heavy atom. The molecule has 0 saturated heterocycles. The lowest BCUT2D eigenvalue weighted by atomic mass is 10.1. The molecule has 0 fully saturated rings. The van der Waals surface area contributed by atoms with Crippen LogP contribution in [0, 0.1) is 0 Å². The van der Waals surface area contributed by atoms with Crippen molar-refractivity contribution in [3.05, 3.63) is 29.5 Å². The minimum absolute atomic E-state index is 0.767. The number of halogens is 1. The summed E-state index contributed by atoms with van der Waals surface area (Å²) in [6, 6.07) is 5.76. The Morgan fingerprint density at radius 2 is 2.29 bits per heavy atom. The van der Waals surface area contributed by atoms with Gasteiger partial charge in [0.1, 0.15) is 5.75 Å². The van der Waals surface area contributed by atoms with Gasteiger partial charge in [-0.1, -0.05) is 22.6 Å². The molecule has 0 unspecified atom stereocenters. The molecule has 0 amide bonds. The Kier molecular flexibility index (Phi) is 4.04. The van der Waals surface area contributed by atoms with Crippen LogP contribution >= 0.6 is 22.6 Å². The number of H-pyrrole nitrogens is 1. The number of aryl methyl sites for hydroxylation is 1. The van der Waals surface area contributed by atoms with E-state index in [1.807, 2.05) is 18.2 Å². The van der Waals surface area contributed by atoms with E-state index in [1.165, 1.54) is 0 Å². The molecule has 90 valence electrons. The molecule has 0 atom stereocenters. The lowest BCUT2D eigenvalue weighted by molar-refractivity contribution is 0.112. The van der Waals surface area contributed by atoms with Crippen molar-refractivity contribution < 1.29 is 9.53 Å². The number of alkyl halides is 1. The summed E-state index contributed by atoms with van der Waals surface area (Å²) in [7, 11) is 1.63. The number of ether oxygens (including phenoxy) is 1. The molecule has 1 N–H and O–H groups in total. The van der Waals surface area contributed by atoms with Crippen LogP contribution in [0.15, 0.2) is 18.2 Å². The molecule has 0 aliphatic rings. The number of aldehydes is 1. The number of fused-ring (bicyclic) bond motifs is 1. The maximum absolute atomic E-state index is 11.2. The smallest absolute Gasteiger partial charge is 0.152 e. The van der Waals surface area contributed by atoms with Crippen molar-refractivity contribution in [3.8, 4) is 5.75 Å². The van der Waals surface area contributed by atoms with E-state index in [2.05, 4.69) is 27.6 Å². The van der Waals surface area contributed by atoms with E-state index < -0.39 is 0 Å². The lowest BCUT2D eigenvalue weighted by Gasteiger charge is -1.98. The number of aromatic nitrogens is 1. The first-order chi connectivity index (χ1) is 8.30. The summed E-state index contributed by atoms with van der Waals surface area (Å²) in [5, 5.41) is 0.947. The van der Waals surface area contributed by atoms with Gasteiger partial charge >= 0.3 is 0 Å². The Labute approximate surface area is 114 Å². The van der Waals surface area contributed by atoms with Gasteiger partial charge in [0.2, 0.25) is 0 Å². The molecule has 0 aliphatic carbocycles. The summed E-state index contributed by atoms with van der Waals surface area (Å²) in [5.41, 5.74) is 2.79. The topological polar surface area (TPSA) is 42.1 Å². The predicted octanol–water partition coefficient (Wildman–Crippen LogP) is 3.36. The summed E-state index contributed by atoms with van der Waals surface area (Å²) < 4.78 is 6.27. The van der Waals surface area contributed by atoms with Gasteiger partial charge in [0, 0.05) is 22.2 Å². The van der Waals surface area contributed by atoms with Crippen molar-refractivity contribution in [1.29, 1.82) is 0 Å². The van der Waals surface area contributed by atoms with Crippen molar-refractivity contribution in [2.75, 3.05) is 11.5 Å². The van der Waals surface area contributed by atoms with E-state index in [4.69, 9.17) is 4.74 Å². The maximum atomic E-state index is 11.2. The third-order valence-electron chi connectivity index (χ3n) is 2.81. The van der Waals surface area contributed by atoms with Gasteiger partial charge in [-0.2, -0.15) is 0 Å². The van der Waals surface area contributed by atoms with E-state index in [0.717, 1.165) is 51.5 Å². The number of nitrogens with one attached hydrogen (secondary N) is 1. The molecule has 0 radical (unpaired) electrons. The second-order valence-electron chi connectivity index (χ2n) is 3.84. The molecule has 1 heterocycles. The van der Waals surface area contributed by atoms with Crippen LogP contribution in [-0.2, 0) is 6.42 Å². The highest BCUT2D eigenvalue weighted by Crippen LogP contribution is 2.26. The van der Waals surface area contributed by atoms with Crippen LogP contribution in [0.3, 0.4) is 0 Å². The SMILES string of the molecule is COc1ccc2[nH]c(CCCI)c(C=O)c2c1. The van der Waals surface area contributed by atoms with E-state index in [9.17, 15) is 4.79 Å². The number of carbonyl (C=O) groups excluding carboxylic acids is 1. The predicted molar refractivity (Wildman–Crippen MR) is 77.4 cm³/mol. The first-order valence-electron chi connectivity index (χ1n) is 5.50. The summed E-state index contributed by atoms with van der Waals surface area (Å²) in [6.07, 6.45) is 2.92. The van der Waals surface area contributed by atoms with Gasteiger partial charge in [-0.05, 0) is 35.5 Å². The molecule has 0 saturated carbocycles. The van der Waals surface area contributed by atoms with Gasteiger partial charge in [0.25, 0.3) is 0 Å². The van der Waals surface area contributed by atoms with Crippen molar-refractivity contribution in [1.82, 2.24) is 4.98 Å². The third kappa shape index (κ3) is 2.46. The standard InChI is InChI=1S/C13H14INO2/c1-17-9-4-5-13-10(7-9)11(8-16)12(15-13)3-2-6-14/h4-5,7-8,15H,2-3,6H2,1H3. The number of carbonyl (C=O) groups is 1. The van der Waals surface area contributed by atoms with Crippen LogP contribution in [0.5, 0.6) is 5.75 Å². The van der Waals surface area contributed by atoms with Crippen LogP contribution in [-0.4, -0.2) is 22.8 Å². The largest absolute Gasteiger partial charge is 0.497 e. The van der Waals surface area contributed by atoms with Gasteiger partial charge < -0.3 is 9.72 Å². The molecule has 17 heavy (non-hydrogen) atoms. The maximum Gasteiger partial charge on any atom is 0.152 e. The van der Waals surface area contributed by atoms with E-state index in [-0.39, 0.29) is 0 Å². The molecule has 0 bridgehead atoms. The molecule has 2 aromatic rings. The summed E-state index contributed by atoms with van der Waals surface area (Å²) in [5.74, 6) is 0.778. The highest BCUT2D eigenvalue weighted by atomic mass is 127. The molecule has 2 rings (SSSR count). The fourth-order valence-electron chi connectivity index (χ4n) is 1.95. The zero-order valence-electron chi connectivity index (χ0n) is 9.63. The second-order valence-corrected chi connectivity index (χ2v) is 4.92. The number of benzene rings is 1. The molecule has 1 aromatic carbocycles. The molecule has 1 aromatic heterocycles. The summed E-state index contributed by atoms with van der Waals surface area (Å²) in [4.78, 5) is 14.5. The van der Waals surface area contributed by atoms with Crippen molar-refractivity contribution in [2.45, 2.75) is 12.8 Å². The highest BCUT2D eigenvalue weighted by molar-refractivity contribution is 14.1. The second kappa shape index (κ2) is 5.53. The van der Waals surface area contributed by atoms with Gasteiger partial charge in [0.05, 0.1) is 7.11 Å². The van der Waals surface area contributed by atoms with Crippen LogP contribution < -0.4 is 4.74 Å². The van der Waals surface area contributed by atoms with Crippen LogP contribution in [0.2, 0.25) is 0 Å². The van der Waals surface area contributed by atoms with Gasteiger partial charge in [0.15, 0.2) is 6.29 Å². The van der Waals surface area contributed by atoms with Crippen LogP contribution in [0.1, 0.15) is 22.5 Å². The molecule has 4 heteroatoms. The molecular formula is C13H14INO2. The Hall–Kier alpha value is -1.04. The Bertz CT molecular complexity index is 533. The molecule has 0 aliphatic heterocycles. The summed E-state index contributed by atoms with van der Waals surface area (Å²) >= 11 is 2.35. The first kappa shape index (κ1) is 12.4.